The molecule has 5 heteroatoms. The van der Waals surface area contributed by atoms with Crippen LogP contribution in [0.25, 0.3) is 0 Å². The van der Waals surface area contributed by atoms with Crippen LogP contribution >= 0.6 is 0 Å². The molecule has 0 radical (unpaired) electrons. The number of hydrogen-bond acceptors (Lipinski definition) is 4. The molecule has 1 rings (SSSR count). The van der Waals surface area contributed by atoms with Crippen LogP contribution in [0.4, 0.5) is 0 Å². The summed E-state index contributed by atoms with van der Waals surface area (Å²) in [5.41, 5.74) is 18.0. The molecule has 0 aliphatic carbocycles. The van der Waals surface area contributed by atoms with Crippen LogP contribution in [0.1, 0.15) is 11.1 Å². The van der Waals surface area contributed by atoms with E-state index in [0.717, 1.165) is 11.1 Å². The SMILES string of the molecule is Cc1ccccc1CN/C(N)=C(\N)C(N)=O. The van der Waals surface area contributed by atoms with Crippen molar-refractivity contribution < 1.29 is 4.79 Å². The van der Waals surface area contributed by atoms with Crippen molar-refractivity contribution >= 4 is 5.91 Å². The molecule has 0 fully saturated rings. The number of primary amides is 1. The number of nitrogens with two attached hydrogens (primary N) is 3. The minimum atomic E-state index is -0.727. The number of carbonyl (C=O) groups is 1. The quantitative estimate of drug-likeness (QED) is 0.520. The van der Waals surface area contributed by atoms with E-state index < -0.39 is 5.91 Å². The van der Waals surface area contributed by atoms with E-state index in [1.165, 1.54) is 0 Å². The molecule has 1 aromatic carbocycles. The maximum atomic E-state index is 10.7. The Morgan fingerprint density at radius 1 is 1.25 bits per heavy atom. The third kappa shape index (κ3) is 2.91. The molecular weight excluding hydrogens is 204 g/mol. The van der Waals surface area contributed by atoms with E-state index in [0.29, 0.717) is 6.54 Å². The molecule has 0 aromatic heterocycles. The fourth-order valence-corrected chi connectivity index (χ4v) is 1.23. The molecule has 1 aromatic rings. The van der Waals surface area contributed by atoms with E-state index in [9.17, 15) is 4.79 Å². The van der Waals surface area contributed by atoms with Gasteiger partial charge in [-0.2, -0.15) is 0 Å². The van der Waals surface area contributed by atoms with Crippen molar-refractivity contribution in [2.45, 2.75) is 13.5 Å². The highest BCUT2D eigenvalue weighted by Gasteiger charge is 2.05. The van der Waals surface area contributed by atoms with Gasteiger partial charge >= 0.3 is 0 Å². The van der Waals surface area contributed by atoms with Crippen molar-refractivity contribution in [2.24, 2.45) is 17.2 Å². The number of aryl methyl sites for hydroxylation is 1. The van der Waals surface area contributed by atoms with E-state index in [-0.39, 0.29) is 11.5 Å². The van der Waals surface area contributed by atoms with Gasteiger partial charge in [0.1, 0.15) is 11.5 Å². The summed E-state index contributed by atoms with van der Waals surface area (Å²) >= 11 is 0. The highest BCUT2D eigenvalue weighted by atomic mass is 16.1. The van der Waals surface area contributed by atoms with Crippen LogP contribution in [0.3, 0.4) is 0 Å². The van der Waals surface area contributed by atoms with Crippen molar-refractivity contribution in [3.8, 4) is 0 Å². The second-order valence-electron chi connectivity index (χ2n) is 3.47. The molecule has 0 unspecified atom stereocenters. The molecule has 0 saturated heterocycles. The number of carbonyl (C=O) groups excluding carboxylic acids is 1. The largest absolute Gasteiger partial charge is 0.391 e. The Morgan fingerprint density at radius 3 is 2.44 bits per heavy atom. The second kappa shape index (κ2) is 5.06. The van der Waals surface area contributed by atoms with Gasteiger partial charge in [0, 0.05) is 6.54 Å². The minimum absolute atomic E-state index is 0.107. The summed E-state index contributed by atoms with van der Waals surface area (Å²) in [6.07, 6.45) is 0. The Kier molecular flexibility index (Phi) is 3.77. The maximum Gasteiger partial charge on any atom is 0.268 e. The van der Waals surface area contributed by atoms with Crippen LogP contribution in [0, 0.1) is 6.92 Å². The fourth-order valence-electron chi connectivity index (χ4n) is 1.23. The van der Waals surface area contributed by atoms with E-state index >= 15 is 0 Å². The lowest BCUT2D eigenvalue weighted by molar-refractivity contribution is -0.114. The van der Waals surface area contributed by atoms with Crippen molar-refractivity contribution in [1.82, 2.24) is 5.32 Å². The first-order valence-corrected chi connectivity index (χ1v) is 4.85. The first-order valence-electron chi connectivity index (χ1n) is 4.85. The van der Waals surface area contributed by atoms with Gasteiger partial charge in [0.05, 0.1) is 0 Å². The molecule has 1 amide bonds. The molecule has 0 spiro atoms. The van der Waals surface area contributed by atoms with Gasteiger partial charge in [-0.05, 0) is 18.1 Å². The van der Waals surface area contributed by atoms with E-state index in [4.69, 9.17) is 17.2 Å². The summed E-state index contributed by atoms with van der Waals surface area (Å²) < 4.78 is 0. The number of rotatable bonds is 4. The number of benzene rings is 1. The molecule has 0 saturated carbocycles. The predicted molar refractivity (Wildman–Crippen MR) is 62.6 cm³/mol. The number of hydrogen-bond donors (Lipinski definition) is 4. The van der Waals surface area contributed by atoms with Gasteiger partial charge in [-0.3, -0.25) is 4.79 Å². The first kappa shape index (κ1) is 11.9. The summed E-state index contributed by atoms with van der Waals surface area (Å²) in [5.74, 6) is -0.620. The lowest BCUT2D eigenvalue weighted by Crippen LogP contribution is -2.31. The molecular formula is C11H16N4O. The fraction of sp³-hybridized carbons (Fsp3) is 0.182. The number of amides is 1. The van der Waals surface area contributed by atoms with Gasteiger partial charge < -0.3 is 22.5 Å². The smallest absolute Gasteiger partial charge is 0.268 e. The van der Waals surface area contributed by atoms with Gasteiger partial charge in [-0.25, -0.2) is 0 Å². The van der Waals surface area contributed by atoms with E-state index in [1.807, 2.05) is 31.2 Å². The molecule has 86 valence electrons. The third-order valence-corrected chi connectivity index (χ3v) is 2.29. The van der Waals surface area contributed by atoms with Crippen molar-refractivity contribution in [3.05, 3.63) is 46.9 Å². The second-order valence-corrected chi connectivity index (χ2v) is 3.47. The van der Waals surface area contributed by atoms with E-state index in [1.54, 1.807) is 0 Å². The minimum Gasteiger partial charge on any atom is -0.391 e. The lowest BCUT2D eigenvalue weighted by Gasteiger charge is -2.10. The van der Waals surface area contributed by atoms with Gasteiger partial charge in [0.15, 0.2) is 0 Å². The zero-order valence-electron chi connectivity index (χ0n) is 9.16. The van der Waals surface area contributed by atoms with Gasteiger partial charge in [-0.15, -0.1) is 0 Å². The highest BCUT2D eigenvalue weighted by Crippen LogP contribution is 2.06. The van der Waals surface area contributed by atoms with Crippen LogP contribution in [0.5, 0.6) is 0 Å². The Labute approximate surface area is 94.3 Å². The molecule has 0 aliphatic rings. The highest BCUT2D eigenvalue weighted by molar-refractivity contribution is 5.91. The standard InChI is InChI=1S/C11H16N4O/c1-7-4-2-3-5-8(7)6-15-10(13)9(12)11(14)16/h2-5,15H,6,12-13H2,1H3,(H2,14,16)/b10-9-. The Bertz CT molecular complexity index is 426. The molecule has 0 heterocycles. The summed E-state index contributed by atoms with van der Waals surface area (Å²) in [5, 5.41) is 2.85. The summed E-state index contributed by atoms with van der Waals surface area (Å²) in [6, 6.07) is 7.85. The van der Waals surface area contributed by atoms with Crippen molar-refractivity contribution in [3.63, 3.8) is 0 Å². The normalized spacial score (nSPS) is 11.8. The first-order chi connectivity index (χ1) is 7.52. The Balaban J connectivity index is 2.69. The van der Waals surface area contributed by atoms with Gasteiger partial charge in [0.25, 0.3) is 5.91 Å². The average Bonchev–Trinajstić information content (AvgIpc) is 2.26. The summed E-state index contributed by atoms with van der Waals surface area (Å²) in [7, 11) is 0. The van der Waals surface area contributed by atoms with Gasteiger partial charge in [0.2, 0.25) is 0 Å². The molecule has 0 atom stereocenters. The summed E-state index contributed by atoms with van der Waals surface area (Å²) in [4.78, 5) is 10.7. The molecule has 0 aliphatic heterocycles. The summed E-state index contributed by atoms with van der Waals surface area (Å²) in [6.45, 7) is 2.50. The molecule has 5 nitrogen and oxygen atoms in total. The zero-order chi connectivity index (χ0) is 12.1. The van der Waals surface area contributed by atoms with E-state index in [2.05, 4.69) is 5.32 Å². The molecule has 0 bridgehead atoms. The van der Waals surface area contributed by atoms with Crippen LogP contribution < -0.4 is 22.5 Å². The average molecular weight is 220 g/mol. The van der Waals surface area contributed by atoms with Crippen LogP contribution in [0.2, 0.25) is 0 Å². The van der Waals surface area contributed by atoms with Crippen molar-refractivity contribution in [1.29, 1.82) is 0 Å². The Morgan fingerprint density at radius 2 is 1.88 bits per heavy atom. The van der Waals surface area contributed by atoms with Gasteiger partial charge in [-0.1, -0.05) is 24.3 Å². The Hall–Kier alpha value is -2.17. The lowest BCUT2D eigenvalue weighted by atomic mass is 10.1. The van der Waals surface area contributed by atoms with Crippen LogP contribution in [-0.4, -0.2) is 5.91 Å². The third-order valence-electron chi connectivity index (χ3n) is 2.29. The van der Waals surface area contributed by atoms with Crippen molar-refractivity contribution in [2.75, 3.05) is 0 Å². The van der Waals surface area contributed by atoms with Crippen LogP contribution in [0.15, 0.2) is 35.8 Å². The maximum absolute atomic E-state index is 10.7. The number of nitrogens with one attached hydrogen (secondary N) is 1. The molecule has 16 heavy (non-hydrogen) atoms. The van der Waals surface area contributed by atoms with Crippen LogP contribution in [-0.2, 0) is 11.3 Å². The molecule has 7 N–H and O–H groups in total. The monoisotopic (exact) mass is 220 g/mol. The predicted octanol–water partition coefficient (Wildman–Crippen LogP) is -0.344. The zero-order valence-corrected chi connectivity index (χ0v) is 9.16. The topological polar surface area (TPSA) is 107 Å².